The molecule has 1 saturated heterocycles. The second-order valence-electron chi connectivity index (χ2n) is 17.4. The number of hydrogen-bond acceptors (Lipinski definition) is 12. The number of sulfonamides is 1. The second kappa shape index (κ2) is 17.4. The van der Waals surface area contributed by atoms with Gasteiger partial charge in [-0.05, 0) is 69.2 Å². The number of amides is 3. The predicted octanol–water partition coefficient (Wildman–Crippen LogP) is 6.89. The summed E-state index contributed by atoms with van der Waals surface area (Å²) in [6.45, 7) is 10.7. The molecule has 2 aromatic heterocycles. The fourth-order valence-corrected chi connectivity index (χ4v) is 9.90. The number of carbonyl (C=O) groups excluding carboxylic acids is 3. The average molecular weight is 858 g/mol. The van der Waals surface area contributed by atoms with Crippen LogP contribution in [0.2, 0.25) is 0 Å². The molecule has 16 heteroatoms. The summed E-state index contributed by atoms with van der Waals surface area (Å²) < 4.78 is 42.1. The number of fused-ring (bicyclic) bond motifs is 3. The molecule has 4 atom stereocenters. The predicted molar refractivity (Wildman–Crippen MR) is 234 cm³/mol. The number of allylic oxidation sites excluding steroid dienone is 1. The maximum Gasteiger partial charge on any atom is 0.266 e. The highest BCUT2D eigenvalue weighted by Gasteiger charge is 2.61. The summed E-state index contributed by atoms with van der Waals surface area (Å²) in [6.07, 6.45) is 7.28. The standard InChI is InChI=1S/C44H55N7O7S2/c1-27(2)46-42-48-35(26-59-42)34-22-37(31-18-17-29(57-6)20-33(31)47-34)58-30-21-36(51(25-30)39(52)24-43(3,4)5)40(53)49-44-23-28(44)14-10-8-7-9-13-19-45-32-15-11-12-16-38(32)60(55,56)50-41(44)54/h10-12,14-18,20,22,26-28,30,36,45H,7-9,13,19,21,23-25H2,1-6H3,(H,46,48)(H,49,53)(H,50,54)/b14-10-/t28-,30+,36-,44+/m0/s1. The van der Waals surface area contributed by atoms with E-state index in [4.69, 9.17) is 19.4 Å². The molecule has 3 aliphatic rings. The number of para-hydroxylation sites is 1. The lowest BCUT2D eigenvalue weighted by atomic mass is 9.91. The van der Waals surface area contributed by atoms with Crippen molar-refractivity contribution >= 4 is 60.8 Å². The van der Waals surface area contributed by atoms with Gasteiger partial charge in [0.25, 0.3) is 15.9 Å². The first-order valence-electron chi connectivity index (χ1n) is 20.6. The van der Waals surface area contributed by atoms with Gasteiger partial charge in [0.1, 0.15) is 39.8 Å². The molecule has 1 saturated carbocycles. The van der Waals surface area contributed by atoms with Gasteiger partial charge in [-0.1, -0.05) is 51.5 Å². The van der Waals surface area contributed by atoms with Crippen molar-refractivity contribution in [3.8, 4) is 22.9 Å². The molecule has 1 aliphatic carbocycles. The zero-order valence-electron chi connectivity index (χ0n) is 35.0. The van der Waals surface area contributed by atoms with Gasteiger partial charge in [0.2, 0.25) is 11.8 Å². The van der Waals surface area contributed by atoms with E-state index in [-0.39, 0.29) is 48.1 Å². The average Bonchev–Trinajstić information content (AvgIpc) is 3.45. The number of aromatic nitrogens is 2. The van der Waals surface area contributed by atoms with Crippen molar-refractivity contribution in [1.29, 1.82) is 0 Å². The summed E-state index contributed by atoms with van der Waals surface area (Å²) >= 11 is 1.47. The third-order valence-electron chi connectivity index (χ3n) is 10.9. The highest BCUT2D eigenvalue weighted by Crippen LogP contribution is 2.46. The fraction of sp³-hybridized carbons (Fsp3) is 0.477. The Labute approximate surface area is 356 Å². The van der Waals surface area contributed by atoms with Crippen LogP contribution >= 0.6 is 11.3 Å². The van der Waals surface area contributed by atoms with Crippen molar-refractivity contribution in [2.45, 2.75) is 108 Å². The van der Waals surface area contributed by atoms with E-state index in [1.54, 1.807) is 25.3 Å². The number of benzene rings is 2. The van der Waals surface area contributed by atoms with Crippen LogP contribution in [-0.4, -0.2) is 84.9 Å². The summed E-state index contributed by atoms with van der Waals surface area (Å²) in [7, 11) is -2.74. The molecule has 7 rings (SSSR count). The molecule has 4 aromatic rings. The van der Waals surface area contributed by atoms with Crippen molar-refractivity contribution < 1.29 is 32.3 Å². The Morgan fingerprint density at radius 2 is 1.87 bits per heavy atom. The monoisotopic (exact) mass is 857 g/mol. The third-order valence-corrected chi connectivity index (χ3v) is 13.1. The third kappa shape index (κ3) is 9.70. The van der Waals surface area contributed by atoms with E-state index < -0.39 is 45.4 Å². The zero-order chi connectivity index (χ0) is 42.8. The van der Waals surface area contributed by atoms with E-state index in [0.717, 1.165) is 30.8 Å². The molecule has 4 heterocycles. The molecular weight excluding hydrogens is 803 g/mol. The number of carbonyl (C=O) groups is 3. The van der Waals surface area contributed by atoms with Gasteiger partial charge in [-0.25, -0.2) is 23.1 Å². The SMILES string of the molecule is COc1ccc2c(O[C@@H]3C[C@@H](C(=O)N[C@]45C[C@@H]4/C=C\CCCCCNc4ccccc4S(=O)(=O)NC5=O)N(C(=O)CC(C)(C)C)C3)cc(-c3csc(NC(C)C)n3)nc2c1. The van der Waals surface area contributed by atoms with Crippen LogP contribution < -0.4 is 30.1 Å². The smallest absolute Gasteiger partial charge is 0.266 e. The van der Waals surface area contributed by atoms with Crippen molar-refractivity contribution in [3.05, 3.63) is 66.1 Å². The lowest BCUT2D eigenvalue weighted by molar-refractivity contribution is -0.141. The summed E-state index contributed by atoms with van der Waals surface area (Å²) in [5, 5.41) is 12.9. The molecular formula is C44H55N7O7S2. The van der Waals surface area contributed by atoms with Crippen LogP contribution in [-0.2, 0) is 24.4 Å². The van der Waals surface area contributed by atoms with Gasteiger partial charge in [-0.15, -0.1) is 11.3 Å². The Hall–Kier alpha value is -5.22. The number of likely N-dealkylation sites (tertiary alicyclic amines) is 1. The highest BCUT2D eigenvalue weighted by molar-refractivity contribution is 7.90. The number of thiazole rings is 1. The van der Waals surface area contributed by atoms with Crippen LogP contribution in [0, 0.1) is 11.3 Å². The van der Waals surface area contributed by atoms with Gasteiger partial charge in [0, 0.05) is 54.2 Å². The van der Waals surface area contributed by atoms with E-state index >= 15 is 0 Å². The molecule has 2 fully saturated rings. The molecule has 4 N–H and O–H groups in total. The molecule has 3 amide bonds. The molecule has 2 aromatic carbocycles. The molecule has 0 spiro atoms. The maximum absolute atomic E-state index is 14.6. The fourth-order valence-electron chi connectivity index (χ4n) is 7.83. The van der Waals surface area contributed by atoms with Crippen LogP contribution in [0.15, 0.2) is 71.0 Å². The summed E-state index contributed by atoms with van der Waals surface area (Å²) in [6, 6.07) is 13.0. The van der Waals surface area contributed by atoms with Crippen molar-refractivity contribution in [3.63, 3.8) is 0 Å². The molecule has 2 aliphatic heterocycles. The van der Waals surface area contributed by atoms with Crippen LogP contribution in [0.4, 0.5) is 10.8 Å². The van der Waals surface area contributed by atoms with Gasteiger partial charge in [0.05, 0.1) is 30.6 Å². The van der Waals surface area contributed by atoms with E-state index in [1.165, 1.54) is 22.3 Å². The number of hydrogen-bond donors (Lipinski definition) is 4. The van der Waals surface area contributed by atoms with E-state index in [0.29, 0.717) is 46.0 Å². The normalized spacial score (nSPS) is 23.6. The Morgan fingerprint density at radius 1 is 1.07 bits per heavy atom. The number of rotatable bonds is 9. The zero-order valence-corrected chi connectivity index (χ0v) is 36.7. The minimum Gasteiger partial charge on any atom is -0.497 e. The maximum atomic E-state index is 14.6. The Balaban J connectivity index is 1.19. The van der Waals surface area contributed by atoms with Crippen LogP contribution in [0.5, 0.6) is 11.5 Å². The van der Waals surface area contributed by atoms with E-state index in [2.05, 4.69) is 20.7 Å². The first-order valence-corrected chi connectivity index (χ1v) is 23.0. The topological polar surface area (TPSA) is 181 Å². The first kappa shape index (κ1) is 42.9. The van der Waals surface area contributed by atoms with Crippen LogP contribution in [0.3, 0.4) is 0 Å². The Kier molecular flexibility index (Phi) is 12.4. The van der Waals surface area contributed by atoms with Crippen LogP contribution in [0.25, 0.3) is 22.3 Å². The van der Waals surface area contributed by atoms with Crippen molar-refractivity contribution in [1.82, 2.24) is 24.9 Å². The number of nitrogens with zero attached hydrogens (tertiary/aromatic N) is 3. The number of ether oxygens (including phenoxy) is 2. The van der Waals surface area contributed by atoms with Gasteiger partial charge >= 0.3 is 0 Å². The van der Waals surface area contributed by atoms with Gasteiger partial charge < -0.3 is 30.3 Å². The highest BCUT2D eigenvalue weighted by atomic mass is 32.2. The lowest BCUT2D eigenvalue weighted by Crippen LogP contribution is -2.56. The first-order chi connectivity index (χ1) is 28.5. The summed E-state index contributed by atoms with van der Waals surface area (Å²) in [5.41, 5.74) is 0.354. The van der Waals surface area contributed by atoms with Gasteiger partial charge in [0.15, 0.2) is 5.13 Å². The molecule has 14 nitrogen and oxygen atoms in total. The van der Waals surface area contributed by atoms with E-state index in [9.17, 15) is 22.8 Å². The number of nitrogens with one attached hydrogen (secondary N) is 4. The van der Waals surface area contributed by atoms with E-state index in [1.807, 2.05) is 76.4 Å². The molecule has 0 bridgehead atoms. The van der Waals surface area contributed by atoms with Gasteiger partial charge in [-0.2, -0.15) is 0 Å². The molecule has 60 heavy (non-hydrogen) atoms. The quantitative estimate of drug-likeness (QED) is 0.129. The Bertz CT molecular complexity index is 2390. The lowest BCUT2D eigenvalue weighted by Gasteiger charge is -2.29. The van der Waals surface area contributed by atoms with Crippen LogP contribution in [0.1, 0.15) is 79.6 Å². The molecule has 0 radical (unpaired) electrons. The minimum absolute atomic E-state index is 0.0511. The van der Waals surface area contributed by atoms with Crippen molar-refractivity contribution in [2.24, 2.45) is 11.3 Å². The summed E-state index contributed by atoms with van der Waals surface area (Å²) in [5.74, 6) is -0.922. The number of methoxy groups -OCH3 is 1. The number of anilines is 2. The largest absolute Gasteiger partial charge is 0.497 e. The van der Waals surface area contributed by atoms with Crippen molar-refractivity contribution in [2.75, 3.05) is 30.8 Å². The minimum atomic E-state index is -4.33. The molecule has 320 valence electrons. The molecule has 0 unspecified atom stereocenters. The van der Waals surface area contributed by atoms with Gasteiger partial charge in [-0.3, -0.25) is 14.4 Å². The number of pyridine rings is 1. The second-order valence-corrected chi connectivity index (χ2v) is 19.9. The summed E-state index contributed by atoms with van der Waals surface area (Å²) in [4.78, 5) is 54.0. The Morgan fingerprint density at radius 3 is 2.63 bits per heavy atom.